The lowest BCUT2D eigenvalue weighted by atomic mass is 9.88. The molecule has 0 unspecified atom stereocenters. The predicted octanol–water partition coefficient (Wildman–Crippen LogP) is 2.18. The third-order valence-electron chi connectivity index (χ3n) is 3.64. The number of rotatable bonds is 7. The zero-order chi connectivity index (χ0) is 11.1. The second-order valence-electron chi connectivity index (χ2n) is 4.81. The number of aliphatic hydroxyl groups excluding tert-OH is 1. The Morgan fingerprint density at radius 1 is 1.33 bits per heavy atom. The van der Waals surface area contributed by atoms with Gasteiger partial charge in [0.1, 0.15) is 0 Å². The minimum atomic E-state index is 0.310. The fourth-order valence-corrected chi connectivity index (χ4v) is 3.03. The molecule has 3 heteroatoms. The third kappa shape index (κ3) is 3.97. The van der Waals surface area contributed by atoms with Gasteiger partial charge in [0.05, 0.1) is 0 Å². The van der Waals surface area contributed by atoms with Crippen LogP contribution in [0.4, 0.5) is 0 Å². The average molecular weight is 231 g/mol. The Morgan fingerprint density at radius 2 is 2.00 bits per heavy atom. The maximum atomic E-state index is 8.85. The van der Waals surface area contributed by atoms with Crippen molar-refractivity contribution < 1.29 is 5.11 Å². The van der Waals surface area contributed by atoms with Gasteiger partial charge in [0.2, 0.25) is 0 Å². The van der Waals surface area contributed by atoms with Crippen molar-refractivity contribution in [2.24, 2.45) is 5.41 Å². The van der Waals surface area contributed by atoms with Gasteiger partial charge in [-0.05, 0) is 37.0 Å². The molecular weight excluding hydrogens is 206 g/mol. The lowest BCUT2D eigenvalue weighted by Crippen LogP contribution is -2.38. The summed E-state index contributed by atoms with van der Waals surface area (Å²) in [6.45, 7) is 5.81. The second-order valence-corrected chi connectivity index (χ2v) is 5.13. The predicted molar refractivity (Wildman–Crippen MR) is 68.6 cm³/mol. The monoisotopic (exact) mass is 231 g/mol. The molecule has 0 aromatic rings. The molecule has 1 saturated carbocycles. The first-order chi connectivity index (χ1) is 7.26. The van der Waals surface area contributed by atoms with Crippen LogP contribution in [0.5, 0.6) is 0 Å². The topological polar surface area (TPSA) is 23.5 Å². The van der Waals surface area contributed by atoms with Gasteiger partial charge >= 0.3 is 0 Å². The molecule has 0 aromatic heterocycles. The maximum absolute atomic E-state index is 8.85. The van der Waals surface area contributed by atoms with Crippen LogP contribution in [0, 0.1) is 5.41 Å². The molecule has 15 heavy (non-hydrogen) atoms. The molecule has 0 saturated heterocycles. The number of hydrogen-bond donors (Lipinski definition) is 2. The van der Waals surface area contributed by atoms with Gasteiger partial charge < -0.3 is 10.0 Å². The molecule has 1 fully saturated rings. The summed E-state index contributed by atoms with van der Waals surface area (Å²) in [4.78, 5) is 2.47. The summed E-state index contributed by atoms with van der Waals surface area (Å²) in [5, 5.41) is 8.85. The molecule has 1 aliphatic carbocycles. The van der Waals surface area contributed by atoms with Crippen LogP contribution in [0.2, 0.25) is 0 Å². The maximum Gasteiger partial charge on any atom is 0.0443 e. The van der Waals surface area contributed by atoms with E-state index in [9.17, 15) is 0 Å². The van der Waals surface area contributed by atoms with Crippen LogP contribution in [0.1, 0.15) is 39.0 Å². The van der Waals surface area contributed by atoms with Crippen molar-refractivity contribution in [1.82, 2.24) is 4.90 Å². The van der Waals surface area contributed by atoms with Crippen molar-refractivity contribution in [3.8, 4) is 0 Å². The molecule has 0 radical (unpaired) electrons. The van der Waals surface area contributed by atoms with E-state index in [0.717, 1.165) is 25.3 Å². The Morgan fingerprint density at radius 3 is 2.47 bits per heavy atom. The number of thiol groups is 1. The molecule has 0 aliphatic heterocycles. The van der Waals surface area contributed by atoms with E-state index in [1.165, 1.54) is 32.2 Å². The molecule has 0 atom stereocenters. The summed E-state index contributed by atoms with van der Waals surface area (Å²) in [7, 11) is 0. The highest BCUT2D eigenvalue weighted by Crippen LogP contribution is 2.39. The Kier molecular flexibility index (Phi) is 6.02. The van der Waals surface area contributed by atoms with E-state index in [1.807, 2.05) is 0 Å². The van der Waals surface area contributed by atoms with E-state index < -0.39 is 0 Å². The number of aliphatic hydroxyl groups is 1. The van der Waals surface area contributed by atoms with Crippen molar-refractivity contribution in [3.63, 3.8) is 0 Å². The minimum absolute atomic E-state index is 0.310. The van der Waals surface area contributed by atoms with Gasteiger partial charge in [0, 0.05) is 19.7 Å². The van der Waals surface area contributed by atoms with Crippen molar-refractivity contribution >= 4 is 12.6 Å². The fourth-order valence-electron chi connectivity index (χ4n) is 2.61. The van der Waals surface area contributed by atoms with Crippen molar-refractivity contribution in [2.75, 3.05) is 32.0 Å². The van der Waals surface area contributed by atoms with Crippen molar-refractivity contribution in [1.29, 1.82) is 0 Å². The zero-order valence-corrected chi connectivity index (χ0v) is 10.8. The first kappa shape index (κ1) is 13.3. The third-order valence-corrected chi connectivity index (χ3v) is 4.31. The van der Waals surface area contributed by atoms with E-state index in [0.29, 0.717) is 12.0 Å². The van der Waals surface area contributed by atoms with Crippen LogP contribution in [-0.4, -0.2) is 42.0 Å². The zero-order valence-electron chi connectivity index (χ0n) is 9.91. The molecule has 2 nitrogen and oxygen atoms in total. The molecule has 0 amide bonds. The highest BCUT2D eigenvalue weighted by atomic mass is 32.1. The van der Waals surface area contributed by atoms with Crippen LogP contribution in [-0.2, 0) is 0 Å². The van der Waals surface area contributed by atoms with Crippen LogP contribution < -0.4 is 0 Å². The highest BCUT2D eigenvalue weighted by molar-refractivity contribution is 7.80. The normalized spacial score (nSPS) is 20.0. The molecule has 1 aliphatic rings. The summed E-state index contributed by atoms with van der Waals surface area (Å²) in [5.41, 5.74) is 0.467. The summed E-state index contributed by atoms with van der Waals surface area (Å²) >= 11 is 4.53. The van der Waals surface area contributed by atoms with Gasteiger partial charge in [0.25, 0.3) is 0 Å². The van der Waals surface area contributed by atoms with E-state index in [4.69, 9.17) is 5.11 Å². The van der Waals surface area contributed by atoms with E-state index >= 15 is 0 Å². The van der Waals surface area contributed by atoms with E-state index in [2.05, 4.69) is 24.5 Å². The Bertz CT molecular complexity index is 169. The van der Waals surface area contributed by atoms with Gasteiger partial charge in [-0.25, -0.2) is 0 Å². The highest BCUT2D eigenvalue weighted by Gasteiger charge is 2.33. The van der Waals surface area contributed by atoms with E-state index in [-0.39, 0.29) is 0 Å². The van der Waals surface area contributed by atoms with E-state index in [1.54, 1.807) is 0 Å². The molecular formula is C12H25NOS. The van der Waals surface area contributed by atoms with Crippen molar-refractivity contribution in [3.05, 3.63) is 0 Å². The first-order valence-electron chi connectivity index (χ1n) is 6.20. The van der Waals surface area contributed by atoms with Gasteiger partial charge in [-0.1, -0.05) is 19.8 Å². The van der Waals surface area contributed by atoms with Crippen molar-refractivity contribution in [2.45, 2.75) is 39.0 Å². The molecule has 1 N–H and O–H groups in total. The quantitative estimate of drug-likeness (QED) is 0.656. The van der Waals surface area contributed by atoms with Gasteiger partial charge in [-0.2, -0.15) is 12.6 Å². The molecule has 0 heterocycles. The largest absolute Gasteiger partial charge is 0.396 e. The summed E-state index contributed by atoms with van der Waals surface area (Å²) in [6.07, 6.45) is 6.32. The molecule has 90 valence electrons. The molecule has 0 bridgehead atoms. The van der Waals surface area contributed by atoms with Gasteiger partial charge in [-0.3, -0.25) is 0 Å². The second kappa shape index (κ2) is 6.77. The lowest BCUT2D eigenvalue weighted by Gasteiger charge is -2.33. The van der Waals surface area contributed by atoms with Crippen LogP contribution in [0.15, 0.2) is 0 Å². The number of hydrogen-bond acceptors (Lipinski definition) is 3. The summed E-state index contributed by atoms with van der Waals surface area (Å²) in [6, 6.07) is 0. The van der Waals surface area contributed by atoms with Crippen LogP contribution >= 0.6 is 12.6 Å². The average Bonchev–Trinajstić information content (AvgIpc) is 2.73. The minimum Gasteiger partial charge on any atom is -0.396 e. The lowest BCUT2D eigenvalue weighted by molar-refractivity contribution is 0.163. The molecule has 1 rings (SSSR count). The smallest absolute Gasteiger partial charge is 0.0443 e. The standard InChI is InChI=1S/C12H25NOS/c1-2-13(8-5-9-14)10-12(11-15)6-3-4-7-12/h14-15H,2-11H2,1H3. The Labute approximate surface area is 99.5 Å². The summed E-state index contributed by atoms with van der Waals surface area (Å²) < 4.78 is 0. The Hall–Kier alpha value is 0.270. The molecule has 0 aromatic carbocycles. The number of nitrogens with zero attached hydrogens (tertiary/aromatic N) is 1. The SMILES string of the molecule is CCN(CCCO)CC1(CS)CCCC1. The van der Waals surface area contributed by atoms with Crippen LogP contribution in [0.3, 0.4) is 0 Å². The first-order valence-corrected chi connectivity index (χ1v) is 6.83. The van der Waals surface area contributed by atoms with Crippen LogP contribution in [0.25, 0.3) is 0 Å². The van der Waals surface area contributed by atoms with Gasteiger partial charge in [0.15, 0.2) is 0 Å². The Balaban J connectivity index is 2.40. The van der Waals surface area contributed by atoms with Gasteiger partial charge in [-0.15, -0.1) is 0 Å². The molecule has 0 spiro atoms. The summed E-state index contributed by atoms with van der Waals surface area (Å²) in [5.74, 6) is 1.02. The fraction of sp³-hybridized carbons (Fsp3) is 1.00.